The number of nitrogens with zero attached hydrogens (tertiary/aromatic N) is 7. The number of amides is 2. The molecular weight excluding hydrogens is 649 g/mol. The number of benzene rings is 2. The standard InChI is InChI=1S/C37H44N10O2S/c1-23-21-50-37(40-23)44-35(48)25-9-13-30(14-10-25)47-22-39-31-32(38)42-33(43-34(31)47)26-5-4-6-27(19-26)36(49)41-28-11-7-24(8-12-28)20-46-17-15-29(16-18-46)45(2)3/h4-8,11-12,19,21-22,25,29-30H,9-10,13-18,20H2,1-3H3,(H,41,49)(H2,38,42,43)(H,40,44,48)/t25-,30+. The number of hydrogen-bond acceptors (Lipinski definition) is 10. The van der Waals surface area contributed by atoms with Crippen LogP contribution < -0.4 is 16.4 Å². The van der Waals surface area contributed by atoms with Crippen LogP contribution in [0.4, 0.5) is 16.6 Å². The minimum Gasteiger partial charge on any atom is -0.382 e. The van der Waals surface area contributed by atoms with Crippen molar-refractivity contribution in [3.05, 3.63) is 77.1 Å². The molecule has 0 atom stereocenters. The summed E-state index contributed by atoms with van der Waals surface area (Å²) in [6.07, 6.45) is 7.27. The number of nitrogens with two attached hydrogens (primary N) is 1. The van der Waals surface area contributed by atoms with Gasteiger partial charge in [-0.3, -0.25) is 14.5 Å². The lowest BCUT2D eigenvalue weighted by Gasteiger charge is -2.35. The zero-order valence-electron chi connectivity index (χ0n) is 28.8. The summed E-state index contributed by atoms with van der Waals surface area (Å²) in [5.74, 6) is 0.456. The van der Waals surface area contributed by atoms with Crippen molar-refractivity contribution in [3.8, 4) is 11.4 Å². The van der Waals surface area contributed by atoms with Crippen LogP contribution in [0.15, 0.2) is 60.2 Å². The zero-order valence-corrected chi connectivity index (χ0v) is 29.6. The second kappa shape index (κ2) is 14.6. The molecule has 1 aliphatic heterocycles. The Labute approximate surface area is 296 Å². The number of imidazole rings is 1. The van der Waals surface area contributed by atoms with Crippen molar-refractivity contribution in [1.29, 1.82) is 0 Å². The number of piperidine rings is 1. The van der Waals surface area contributed by atoms with E-state index in [0.717, 1.165) is 56.7 Å². The lowest BCUT2D eigenvalue weighted by molar-refractivity contribution is -0.121. The Morgan fingerprint density at radius 2 is 1.72 bits per heavy atom. The zero-order chi connectivity index (χ0) is 34.8. The van der Waals surface area contributed by atoms with Gasteiger partial charge in [-0.2, -0.15) is 0 Å². The van der Waals surface area contributed by atoms with Crippen LogP contribution in [0.1, 0.15) is 66.2 Å². The maximum absolute atomic E-state index is 13.3. The van der Waals surface area contributed by atoms with Crippen LogP contribution in [0, 0.1) is 12.8 Å². The van der Waals surface area contributed by atoms with Crippen LogP contribution in [0.5, 0.6) is 0 Å². The maximum atomic E-state index is 13.3. The molecule has 3 aromatic heterocycles. The van der Waals surface area contributed by atoms with Crippen molar-refractivity contribution in [2.45, 2.75) is 64.1 Å². The number of aryl methyl sites for hydroxylation is 1. The van der Waals surface area contributed by atoms with Gasteiger partial charge in [0, 0.05) is 46.7 Å². The highest BCUT2D eigenvalue weighted by Gasteiger charge is 2.29. The highest BCUT2D eigenvalue weighted by atomic mass is 32.1. The van der Waals surface area contributed by atoms with Gasteiger partial charge < -0.3 is 25.8 Å². The van der Waals surface area contributed by atoms with E-state index in [4.69, 9.17) is 10.7 Å². The summed E-state index contributed by atoms with van der Waals surface area (Å²) in [7, 11) is 4.32. The molecule has 50 heavy (non-hydrogen) atoms. The molecule has 13 heteroatoms. The van der Waals surface area contributed by atoms with E-state index in [-0.39, 0.29) is 29.6 Å². The Morgan fingerprint density at radius 3 is 2.42 bits per heavy atom. The highest BCUT2D eigenvalue weighted by Crippen LogP contribution is 2.35. The third-order valence-corrected chi connectivity index (χ3v) is 10.9. The molecule has 260 valence electrons. The van der Waals surface area contributed by atoms with E-state index in [2.05, 4.69) is 66.2 Å². The number of thiazole rings is 1. The van der Waals surface area contributed by atoms with Crippen LogP contribution in [0.2, 0.25) is 0 Å². The van der Waals surface area contributed by atoms with Crippen LogP contribution in [-0.4, -0.2) is 79.3 Å². The average Bonchev–Trinajstić information content (AvgIpc) is 3.75. The minimum absolute atomic E-state index is 0.0227. The van der Waals surface area contributed by atoms with Crippen molar-refractivity contribution in [3.63, 3.8) is 0 Å². The minimum atomic E-state index is -0.213. The van der Waals surface area contributed by atoms with E-state index in [1.54, 1.807) is 18.5 Å². The number of aromatic nitrogens is 5. The molecule has 1 saturated carbocycles. The first-order valence-electron chi connectivity index (χ1n) is 17.3. The topological polar surface area (TPSA) is 147 Å². The number of rotatable bonds is 9. The average molecular weight is 693 g/mol. The summed E-state index contributed by atoms with van der Waals surface area (Å²) in [5, 5.41) is 8.58. The molecule has 0 bridgehead atoms. The first kappa shape index (κ1) is 33.8. The van der Waals surface area contributed by atoms with E-state index in [1.807, 2.05) is 36.6 Å². The summed E-state index contributed by atoms with van der Waals surface area (Å²) in [5.41, 5.74) is 11.6. The van der Waals surface area contributed by atoms with E-state index < -0.39 is 0 Å². The molecule has 0 spiro atoms. The van der Waals surface area contributed by atoms with Crippen molar-refractivity contribution in [1.82, 2.24) is 34.3 Å². The number of anilines is 3. The lowest BCUT2D eigenvalue weighted by Crippen LogP contribution is -2.41. The molecule has 0 radical (unpaired) electrons. The first-order valence-corrected chi connectivity index (χ1v) is 18.2. The second-order valence-corrected chi connectivity index (χ2v) is 14.6. The molecule has 1 aliphatic carbocycles. The highest BCUT2D eigenvalue weighted by molar-refractivity contribution is 7.13. The van der Waals surface area contributed by atoms with Gasteiger partial charge in [-0.25, -0.2) is 19.9 Å². The Hall–Kier alpha value is -4.72. The first-order chi connectivity index (χ1) is 24.2. The number of nitrogens with one attached hydrogen (secondary N) is 2. The quantitative estimate of drug-likeness (QED) is 0.170. The Morgan fingerprint density at radius 1 is 0.960 bits per heavy atom. The molecule has 7 rings (SSSR count). The summed E-state index contributed by atoms with van der Waals surface area (Å²) in [4.78, 5) is 49.4. The molecule has 1 saturated heterocycles. The Kier molecular flexibility index (Phi) is 9.88. The van der Waals surface area contributed by atoms with E-state index in [0.29, 0.717) is 39.3 Å². The molecule has 12 nitrogen and oxygen atoms in total. The number of carbonyl (C=O) groups is 2. The molecule has 2 aliphatic rings. The van der Waals surface area contributed by atoms with Crippen LogP contribution in [0.25, 0.3) is 22.6 Å². The van der Waals surface area contributed by atoms with Gasteiger partial charge in [-0.15, -0.1) is 11.3 Å². The number of fused-ring (bicyclic) bond motifs is 1. The summed E-state index contributed by atoms with van der Waals surface area (Å²) >= 11 is 1.44. The second-order valence-electron chi connectivity index (χ2n) is 13.7. The van der Waals surface area contributed by atoms with Gasteiger partial charge in [0.2, 0.25) is 5.91 Å². The van der Waals surface area contributed by atoms with E-state index in [9.17, 15) is 9.59 Å². The number of hydrogen-bond donors (Lipinski definition) is 3. The Balaban J connectivity index is 0.995. The predicted octanol–water partition coefficient (Wildman–Crippen LogP) is 5.99. The molecule has 5 aromatic rings. The fourth-order valence-electron chi connectivity index (χ4n) is 7.12. The lowest BCUT2D eigenvalue weighted by atomic mass is 9.85. The van der Waals surface area contributed by atoms with Crippen molar-refractivity contribution in [2.75, 3.05) is 43.6 Å². The fraction of sp³-hybridized carbons (Fsp3) is 0.405. The van der Waals surface area contributed by atoms with E-state index >= 15 is 0 Å². The summed E-state index contributed by atoms with van der Waals surface area (Å²) in [6, 6.07) is 16.2. The summed E-state index contributed by atoms with van der Waals surface area (Å²) < 4.78 is 2.06. The molecule has 4 N–H and O–H groups in total. The SMILES string of the molecule is Cc1csc(NC(=O)[C@H]2CC[C@@H](n3cnc4c(N)nc(-c5cccc(C(=O)Nc6ccc(CN7CCC(N(C)C)CC7)cc6)c5)nc43)CC2)n1. The fourth-order valence-corrected chi connectivity index (χ4v) is 7.81. The number of nitrogen functional groups attached to an aromatic ring is 1. The van der Waals surface area contributed by atoms with Gasteiger partial charge in [0.1, 0.15) is 5.52 Å². The normalized spacial score (nSPS) is 18.8. The molecule has 0 unspecified atom stereocenters. The van der Waals surface area contributed by atoms with Gasteiger partial charge in [-0.1, -0.05) is 24.3 Å². The van der Waals surface area contributed by atoms with Crippen LogP contribution >= 0.6 is 11.3 Å². The largest absolute Gasteiger partial charge is 0.382 e. The van der Waals surface area contributed by atoms with E-state index in [1.165, 1.54) is 29.7 Å². The Bertz CT molecular complexity index is 1970. The molecule has 2 aromatic carbocycles. The van der Waals surface area contributed by atoms with Crippen molar-refractivity contribution in [2.24, 2.45) is 5.92 Å². The van der Waals surface area contributed by atoms with Gasteiger partial charge in [0.25, 0.3) is 5.91 Å². The third kappa shape index (κ3) is 7.54. The number of likely N-dealkylation sites (tertiary alicyclic amines) is 1. The van der Waals surface area contributed by atoms with Crippen LogP contribution in [0.3, 0.4) is 0 Å². The smallest absolute Gasteiger partial charge is 0.255 e. The monoisotopic (exact) mass is 692 g/mol. The molecule has 2 amide bonds. The number of carbonyl (C=O) groups excluding carboxylic acids is 2. The third-order valence-electron chi connectivity index (χ3n) is 10.0. The predicted molar refractivity (Wildman–Crippen MR) is 198 cm³/mol. The van der Waals surface area contributed by atoms with Gasteiger partial charge in [-0.05, 0) is 102 Å². The van der Waals surface area contributed by atoms with Gasteiger partial charge in [0.05, 0.1) is 12.0 Å². The molecule has 4 heterocycles. The van der Waals surface area contributed by atoms with Crippen molar-refractivity contribution >= 4 is 51.0 Å². The maximum Gasteiger partial charge on any atom is 0.255 e. The van der Waals surface area contributed by atoms with Crippen molar-refractivity contribution < 1.29 is 9.59 Å². The summed E-state index contributed by atoms with van der Waals surface area (Å²) in [6.45, 7) is 5.02. The van der Waals surface area contributed by atoms with Gasteiger partial charge >= 0.3 is 0 Å². The molecule has 2 fully saturated rings. The molecular formula is C37H44N10O2S. The van der Waals surface area contributed by atoms with Gasteiger partial charge in [0.15, 0.2) is 22.4 Å². The van der Waals surface area contributed by atoms with Crippen LogP contribution in [-0.2, 0) is 11.3 Å².